The Balaban J connectivity index is 1.07. The van der Waals surface area contributed by atoms with Crippen LogP contribution in [0.5, 0.6) is 0 Å². The molecule has 0 saturated carbocycles. The topological polar surface area (TPSA) is 8.17 Å². The Labute approximate surface area is 310 Å². The van der Waals surface area contributed by atoms with Crippen LogP contribution >= 0.6 is 11.3 Å². The van der Waals surface area contributed by atoms with Crippen molar-refractivity contribution in [2.45, 2.75) is 0 Å². The third-order valence-corrected chi connectivity index (χ3v) is 14.0. The summed E-state index contributed by atoms with van der Waals surface area (Å²) in [4.78, 5) is 2.43. The van der Waals surface area contributed by atoms with E-state index in [1.54, 1.807) is 0 Å². The van der Waals surface area contributed by atoms with Gasteiger partial charge in [-0.2, -0.15) is 0 Å². The molecule has 0 unspecified atom stereocenters. The van der Waals surface area contributed by atoms with Crippen molar-refractivity contribution in [1.82, 2.24) is 4.57 Å². The van der Waals surface area contributed by atoms with Crippen molar-refractivity contribution < 1.29 is 0 Å². The number of rotatable bonds is 5. The predicted octanol–water partition coefficient (Wildman–Crippen LogP) is 13.7. The number of fused-ring (bicyclic) bond motifs is 9. The molecule has 0 aliphatic rings. The number of aromatic nitrogens is 1. The van der Waals surface area contributed by atoms with Gasteiger partial charge >= 0.3 is 231 Å². The monoisotopic (exact) mass is 746 g/mol. The second kappa shape index (κ2) is 11.8. The summed E-state index contributed by atoms with van der Waals surface area (Å²) in [5.41, 5.74) is 9.48. The second-order valence-corrected chi connectivity index (χ2v) is 16.7. The van der Waals surface area contributed by atoms with E-state index >= 15 is 0 Å². The molecule has 0 aliphatic carbocycles. The summed E-state index contributed by atoms with van der Waals surface area (Å²) in [6.45, 7) is 0. The first-order valence-corrected chi connectivity index (χ1v) is 20.1. The number of nitrogens with zero attached hydrogens (tertiary/aromatic N) is 2. The minimum Gasteiger partial charge on any atom is -0.0602 e. The molecule has 3 aromatic heterocycles. The quantitative estimate of drug-likeness (QED) is 0.159. The normalized spacial score (nSPS) is 11.8. The van der Waals surface area contributed by atoms with Gasteiger partial charge in [0.15, 0.2) is 0 Å². The summed E-state index contributed by atoms with van der Waals surface area (Å²) < 4.78 is 7.95. The Morgan fingerprint density at radius 1 is 0.385 bits per heavy atom. The molecule has 11 aromatic rings. The van der Waals surface area contributed by atoms with E-state index in [1.165, 1.54) is 83.8 Å². The fraction of sp³-hybridized carbons (Fsp3) is 0. The molecule has 244 valence electrons. The van der Waals surface area contributed by atoms with E-state index in [4.69, 9.17) is 0 Å². The van der Waals surface area contributed by atoms with Crippen molar-refractivity contribution in [1.29, 1.82) is 0 Å². The van der Waals surface area contributed by atoms with Gasteiger partial charge in [-0.3, -0.25) is 0 Å². The zero-order valence-corrected chi connectivity index (χ0v) is 30.6. The van der Waals surface area contributed by atoms with E-state index in [0.29, 0.717) is 14.5 Å². The first-order valence-electron chi connectivity index (χ1n) is 17.6. The first kappa shape index (κ1) is 29.8. The van der Waals surface area contributed by atoms with Gasteiger partial charge in [-0.05, 0) is 18.2 Å². The number of hydrogen-bond donors (Lipinski definition) is 0. The van der Waals surface area contributed by atoms with Gasteiger partial charge in [-0.1, -0.05) is 36.4 Å². The molecule has 2 nitrogen and oxygen atoms in total. The molecule has 0 bridgehead atoms. The molecule has 8 aromatic carbocycles. The van der Waals surface area contributed by atoms with E-state index in [2.05, 4.69) is 191 Å². The first-order chi connectivity index (χ1) is 25.8. The standard InChI is InChI=1S/C48H30N2SSe/c1-2-10-33(11-3-1)50-43-15-7-4-12-37(43)38-25-20-32(28-44(38)50)31-18-21-34(22-19-31)49(35-23-26-46-41(29-35)39-13-5-8-16-45(39)51-46)36-24-27-48-42(30-36)40-14-6-9-17-47(40)52-48/h1-30H. The van der Waals surface area contributed by atoms with Gasteiger partial charge < -0.3 is 4.57 Å². The van der Waals surface area contributed by atoms with Crippen LogP contribution < -0.4 is 4.90 Å². The van der Waals surface area contributed by atoms with Crippen LogP contribution in [0.1, 0.15) is 0 Å². The summed E-state index contributed by atoms with van der Waals surface area (Å²) in [5, 5.41) is 7.88. The van der Waals surface area contributed by atoms with Crippen LogP contribution in [0.2, 0.25) is 0 Å². The molecular weight excluding hydrogens is 716 g/mol. The molecule has 0 atom stereocenters. The second-order valence-electron chi connectivity index (χ2n) is 13.4. The minimum absolute atomic E-state index is 0.332. The van der Waals surface area contributed by atoms with Gasteiger partial charge in [-0.15, -0.1) is 0 Å². The summed E-state index contributed by atoms with van der Waals surface area (Å²) in [7, 11) is 0. The number of thiophene rings is 1. The molecule has 3 heterocycles. The van der Waals surface area contributed by atoms with Gasteiger partial charge in [0.25, 0.3) is 0 Å². The number of benzene rings is 8. The van der Waals surface area contributed by atoms with Crippen LogP contribution in [0.25, 0.3) is 78.1 Å². The van der Waals surface area contributed by atoms with Crippen molar-refractivity contribution in [3.8, 4) is 16.8 Å². The van der Waals surface area contributed by atoms with E-state index < -0.39 is 0 Å². The SMILES string of the molecule is c1ccc(-n2c3ccccc3c3ccc(-c4ccc(N(c5ccc6sc7ccccc7c6c5)c5ccc6[se]c7ccccc7c6c5)cc4)cc32)cc1. The molecule has 11 rings (SSSR count). The summed E-state index contributed by atoms with van der Waals surface area (Å²) in [5.74, 6) is 0. The molecule has 52 heavy (non-hydrogen) atoms. The van der Waals surface area contributed by atoms with Crippen LogP contribution in [-0.2, 0) is 0 Å². The smallest absolute Gasteiger partial charge is 0.0602 e. The maximum absolute atomic E-state index is 2.43. The predicted molar refractivity (Wildman–Crippen MR) is 226 cm³/mol. The number of para-hydroxylation sites is 2. The molecule has 0 amide bonds. The molecule has 4 heteroatoms. The number of anilines is 3. The summed E-state index contributed by atoms with van der Waals surface area (Å²) in [6, 6.07) is 67.1. The van der Waals surface area contributed by atoms with Crippen LogP contribution in [0.15, 0.2) is 182 Å². The maximum atomic E-state index is 2.43. The molecule has 0 saturated heterocycles. The van der Waals surface area contributed by atoms with Gasteiger partial charge in [0.2, 0.25) is 0 Å². The Morgan fingerprint density at radius 2 is 1.00 bits per heavy atom. The van der Waals surface area contributed by atoms with Crippen LogP contribution in [0.3, 0.4) is 0 Å². The zero-order valence-electron chi connectivity index (χ0n) is 28.0. The van der Waals surface area contributed by atoms with Crippen molar-refractivity contribution in [3.05, 3.63) is 182 Å². The Kier molecular flexibility index (Phi) is 6.78. The fourth-order valence-corrected chi connectivity index (χ4v) is 11.3. The van der Waals surface area contributed by atoms with E-state index in [-0.39, 0.29) is 0 Å². The van der Waals surface area contributed by atoms with Gasteiger partial charge in [0.1, 0.15) is 0 Å². The van der Waals surface area contributed by atoms with Crippen LogP contribution in [0, 0.1) is 0 Å². The van der Waals surface area contributed by atoms with Crippen LogP contribution in [-0.4, -0.2) is 19.1 Å². The summed E-state index contributed by atoms with van der Waals surface area (Å²) in [6.07, 6.45) is 0. The van der Waals surface area contributed by atoms with Gasteiger partial charge in [-0.25, -0.2) is 0 Å². The molecule has 0 radical (unpaired) electrons. The van der Waals surface area contributed by atoms with Crippen molar-refractivity contribution >= 4 is 104 Å². The Morgan fingerprint density at radius 3 is 1.87 bits per heavy atom. The average molecular weight is 746 g/mol. The Bertz CT molecular complexity index is 3020. The minimum atomic E-state index is 0.332. The van der Waals surface area contributed by atoms with Crippen molar-refractivity contribution in [3.63, 3.8) is 0 Å². The van der Waals surface area contributed by atoms with Crippen molar-refractivity contribution in [2.24, 2.45) is 0 Å². The Hall–Kier alpha value is -5.90. The average Bonchev–Trinajstić information content (AvgIpc) is 3.87. The number of hydrogen-bond acceptors (Lipinski definition) is 2. The third kappa shape index (κ3) is 4.69. The van der Waals surface area contributed by atoms with Gasteiger partial charge in [0.05, 0.1) is 5.52 Å². The van der Waals surface area contributed by atoms with Crippen molar-refractivity contribution in [2.75, 3.05) is 4.90 Å². The van der Waals surface area contributed by atoms with E-state index in [9.17, 15) is 0 Å². The molecule has 0 N–H and O–H groups in total. The van der Waals surface area contributed by atoms with Gasteiger partial charge in [0, 0.05) is 16.5 Å². The summed E-state index contributed by atoms with van der Waals surface area (Å²) >= 11 is 2.20. The van der Waals surface area contributed by atoms with E-state index in [0.717, 1.165) is 11.4 Å². The molecule has 0 aliphatic heterocycles. The zero-order chi connectivity index (χ0) is 34.2. The fourth-order valence-electron chi connectivity index (χ4n) is 7.96. The van der Waals surface area contributed by atoms with Crippen LogP contribution in [0.4, 0.5) is 17.1 Å². The molecule has 0 fully saturated rings. The molecule has 0 spiro atoms. The van der Waals surface area contributed by atoms with E-state index in [1.807, 2.05) is 11.3 Å². The molecular formula is C48H30N2SSe. The third-order valence-electron chi connectivity index (χ3n) is 10.4.